The summed E-state index contributed by atoms with van der Waals surface area (Å²) >= 11 is 12.0. The van der Waals surface area contributed by atoms with E-state index in [0.29, 0.717) is 23.1 Å². The van der Waals surface area contributed by atoms with Crippen LogP contribution >= 0.6 is 23.2 Å². The molecular formula is C21H24Cl2N2O2. The van der Waals surface area contributed by atoms with Crippen molar-refractivity contribution in [3.63, 3.8) is 0 Å². The maximum absolute atomic E-state index is 13.0. The van der Waals surface area contributed by atoms with Crippen molar-refractivity contribution >= 4 is 35.0 Å². The average Bonchev–Trinajstić information content (AvgIpc) is 2.64. The second-order valence-corrected chi connectivity index (χ2v) is 7.32. The summed E-state index contributed by atoms with van der Waals surface area (Å²) in [5, 5.41) is 3.64. The van der Waals surface area contributed by atoms with Gasteiger partial charge in [0.25, 0.3) is 0 Å². The fourth-order valence-corrected chi connectivity index (χ4v) is 3.04. The van der Waals surface area contributed by atoms with Crippen LogP contribution in [0.25, 0.3) is 0 Å². The molecule has 27 heavy (non-hydrogen) atoms. The quantitative estimate of drug-likeness (QED) is 0.740. The van der Waals surface area contributed by atoms with Crippen molar-refractivity contribution in [1.29, 1.82) is 0 Å². The van der Waals surface area contributed by atoms with Crippen LogP contribution in [0.2, 0.25) is 10.0 Å². The van der Waals surface area contributed by atoms with Crippen LogP contribution in [0.4, 0.5) is 0 Å². The molecule has 0 saturated carbocycles. The molecule has 0 spiro atoms. The summed E-state index contributed by atoms with van der Waals surface area (Å²) in [6.07, 6.45) is 0.145. The Labute approximate surface area is 170 Å². The van der Waals surface area contributed by atoms with Crippen LogP contribution in [-0.4, -0.2) is 29.3 Å². The van der Waals surface area contributed by atoms with Crippen molar-refractivity contribution in [2.24, 2.45) is 0 Å². The van der Waals surface area contributed by atoms with Crippen molar-refractivity contribution in [2.45, 2.75) is 39.8 Å². The van der Waals surface area contributed by atoms with Gasteiger partial charge in [-0.2, -0.15) is 0 Å². The van der Waals surface area contributed by atoms with E-state index in [4.69, 9.17) is 23.2 Å². The van der Waals surface area contributed by atoms with Crippen LogP contribution in [0.1, 0.15) is 30.5 Å². The number of rotatable bonds is 7. The highest BCUT2D eigenvalue weighted by molar-refractivity contribution is 6.42. The molecule has 6 heteroatoms. The normalized spacial score (nSPS) is 11.7. The van der Waals surface area contributed by atoms with Crippen LogP contribution in [0.5, 0.6) is 0 Å². The first-order valence-corrected chi connectivity index (χ1v) is 9.64. The molecule has 0 aromatic heterocycles. The number of nitrogens with one attached hydrogen (secondary N) is 1. The molecule has 0 bridgehead atoms. The predicted molar refractivity (Wildman–Crippen MR) is 110 cm³/mol. The largest absolute Gasteiger partial charge is 0.355 e. The van der Waals surface area contributed by atoms with Crippen LogP contribution in [0, 0.1) is 6.92 Å². The van der Waals surface area contributed by atoms with Crippen LogP contribution in [0.3, 0.4) is 0 Å². The van der Waals surface area contributed by atoms with Gasteiger partial charge in [0.2, 0.25) is 11.8 Å². The molecule has 1 unspecified atom stereocenters. The van der Waals surface area contributed by atoms with Gasteiger partial charge in [0, 0.05) is 13.1 Å². The van der Waals surface area contributed by atoms with Gasteiger partial charge >= 0.3 is 0 Å². The van der Waals surface area contributed by atoms with Crippen LogP contribution in [0.15, 0.2) is 42.5 Å². The number of carbonyl (C=O) groups excluding carboxylic acids is 2. The van der Waals surface area contributed by atoms with Crippen molar-refractivity contribution < 1.29 is 9.59 Å². The third-order valence-corrected chi connectivity index (χ3v) is 5.07. The van der Waals surface area contributed by atoms with Crippen molar-refractivity contribution in [3.05, 3.63) is 69.2 Å². The minimum absolute atomic E-state index is 0.145. The molecule has 2 aromatic carbocycles. The molecule has 0 radical (unpaired) electrons. The Kier molecular flexibility index (Phi) is 7.69. The first-order valence-electron chi connectivity index (χ1n) is 8.88. The van der Waals surface area contributed by atoms with E-state index < -0.39 is 6.04 Å². The van der Waals surface area contributed by atoms with E-state index in [2.05, 4.69) is 5.32 Å². The summed E-state index contributed by atoms with van der Waals surface area (Å²) in [5.41, 5.74) is 2.87. The number of hydrogen-bond donors (Lipinski definition) is 1. The van der Waals surface area contributed by atoms with Gasteiger partial charge in [0.05, 0.1) is 16.5 Å². The molecule has 2 amide bonds. The highest BCUT2D eigenvalue weighted by atomic mass is 35.5. The molecule has 0 heterocycles. The Morgan fingerprint density at radius 3 is 2.26 bits per heavy atom. The molecule has 4 nitrogen and oxygen atoms in total. The molecule has 0 saturated heterocycles. The third-order valence-electron chi connectivity index (χ3n) is 4.33. The maximum Gasteiger partial charge on any atom is 0.242 e. The van der Waals surface area contributed by atoms with Crippen LogP contribution in [-0.2, 0) is 22.6 Å². The number of halogens is 2. The van der Waals surface area contributed by atoms with Gasteiger partial charge in [-0.15, -0.1) is 0 Å². The molecular weight excluding hydrogens is 383 g/mol. The number of likely N-dealkylation sites (N-methyl/N-ethyl adjacent to an activating group) is 1. The Bertz CT molecular complexity index is 806. The number of amides is 2. The van der Waals surface area contributed by atoms with Crippen LogP contribution < -0.4 is 5.32 Å². The summed E-state index contributed by atoms with van der Waals surface area (Å²) < 4.78 is 0. The van der Waals surface area contributed by atoms with Gasteiger partial charge in [-0.1, -0.05) is 59.1 Å². The third kappa shape index (κ3) is 5.98. The standard InChI is InChI=1S/C21H24Cl2N2O2/c1-4-24-21(27)15(3)25(13-16-7-5-14(2)6-8-16)20(26)12-17-9-10-18(22)19(23)11-17/h5-11,15H,4,12-13H2,1-3H3,(H,24,27). The van der Waals surface area contributed by atoms with E-state index in [1.165, 1.54) is 0 Å². The molecule has 1 N–H and O–H groups in total. The second kappa shape index (κ2) is 9.77. The topological polar surface area (TPSA) is 49.4 Å². The van der Waals surface area contributed by atoms with Crippen molar-refractivity contribution in [3.8, 4) is 0 Å². The van der Waals surface area contributed by atoms with Gasteiger partial charge in [0.15, 0.2) is 0 Å². The predicted octanol–water partition coefficient (Wildman–Crippen LogP) is 4.40. The van der Waals surface area contributed by atoms with Crippen molar-refractivity contribution in [2.75, 3.05) is 6.54 Å². The fraction of sp³-hybridized carbons (Fsp3) is 0.333. The zero-order valence-electron chi connectivity index (χ0n) is 15.8. The number of nitrogens with zero attached hydrogens (tertiary/aromatic N) is 1. The lowest BCUT2D eigenvalue weighted by molar-refractivity contribution is -0.140. The number of hydrogen-bond acceptors (Lipinski definition) is 2. The first kappa shape index (κ1) is 21.3. The molecule has 2 aromatic rings. The molecule has 0 aliphatic heterocycles. The Hall–Kier alpha value is -2.04. The minimum atomic E-state index is -0.582. The summed E-state index contributed by atoms with van der Waals surface area (Å²) in [6.45, 7) is 6.48. The summed E-state index contributed by atoms with van der Waals surface area (Å²) in [7, 11) is 0. The van der Waals surface area contributed by atoms with Gasteiger partial charge in [-0.05, 0) is 44.0 Å². The number of benzene rings is 2. The maximum atomic E-state index is 13.0. The highest BCUT2D eigenvalue weighted by Crippen LogP contribution is 2.23. The summed E-state index contributed by atoms with van der Waals surface area (Å²) in [4.78, 5) is 26.9. The lowest BCUT2D eigenvalue weighted by Gasteiger charge is -2.29. The SMILES string of the molecule is CCNC(=O)C(C)N(Cc1ccc(C)cc1)C(=O)Cc1ccc(Cl)c(Cl)c1. The van der Waals surface area contributed by atoms with E-state index in [1.807, 2.05) is 38.1 Å². The zero-order valence-corrected chi connectivity index (χ0v) is 17.3. The van der Waals surface area contributed by atoms with Gasteiger partial charge in [-0.25, -0.2) is 0 Å². The molecule has 0 aliphatic rings. The number of carbonyl (C=O) groups is 2. The molecule has 1 atom stereocenters. The number of aryl methyl sites for hydroxylation is 1. The molecule has 0 aliphatic carbocycles. The zero-order chi connectivity index (χ0) is 20.0. The summed E-state index contributed by atoms with van der Waals surface area (Å²) in [6, 6.07) is 12.5. The Balaban J connectivity index is 2.23. The van der Waals surface area contributed by atoms with E-state index >= 15 is 0 Å². The van der Waals surface area contributed by atoms with E-state index in [-0.39, 0.29) is 18.2 Å². The Morgan fingerprint density at radius 2 is 1.67 bits per heavy atom. The molecule has 144 valence electrons. The first-order chi connectivity index (χ1) is 12.8. The molecule has 2 rings (SSSR count). The lowest BCUT2D eigenvalue weighted by Crippen LogP contribution is -2.48. The fourth-order valence-electron chi connectivity index (χ4n) is 2.72. The minimum Gasteiger partial charge on any atom is -0.355 e. The van der Waals surface area contributed by atoms with Gasteiger partial charge in [0.1, 0.15) is 6.04 Å². The van der Waals surface area contributed by atoms with Gasteiger partial charge < -0.3 is 10.2 Å². The molecule has 0 fully saturated rings. The highest BCUT2D eigenvalue weighted by Gasteiger charge is 2.26. The summed E-state index contributed by atoms with van der Waals surface area (Å²) in [5.74, 6) is -0.320. The van der Waals surface area contributed by atoms with Crippen molar-refractivity contribution in [1.82, 2.24) is 10.2 Å². The smallest absolute Gasteiger partial charge is 0.242 e. The second-order valence-electron chi connectivity index (χ2n) is 6.50. The lowest BCUT2D eigenvalue weighted by atomic mass is 10.1. The van der Waals surface area contributed by atoms with E-state index in [9.17, 15) is 9.59 Å². The van der Waals surface area contributed by atoms with Gasteiger partial charge in [-0.3, -0.25) is 9.59 Å². The monoisotopic (exact) mass is 406 g/mol. The van der Waals surface area contributed by atoms with E-state index in [0.717, 1.165) is 16.7 Å². The van der Waals surface area contributed by atoms with E-state index in [1.54, 1.807) is 30.0 Å². The Morgan fingerprint density at radius 1 is 1.04 bits per heavy atom. The average molecular weight is 407 g/mol.